The van der Waals surface area contributed by atoms with E-state index in [4.69, 9.17) is 4.42 Å². The summed E-state index contributed by atoms with van der Waals surface area (Å²) in [5, 5.41) is 2.89. The highest BCUT2D eigenvalue weighted by atomic mass is 16.3. The van der Waals surface area contributed by atoms with E-state index in [1.807, 2.05) is 93.2 Å². The summed E-state index contributed by atoms with van der Waals surface area (Å²) < 4.78 is 5.19. The van der Waals surface area contributed by atoms with Gasteiger partial charge in [0.2, 0.25) is 5.91 Å². The molecule has 1 unspecified atom stereocenters. The third-order valence-corrected chi connectivity index (χ3v) is 5.72. The highest BCUT2D eigenvalue weighted by Crippen LogP contribution is 2.29. The molecule has 6 heteroatoms. The van der Waals surface area contributed by atoms with Crippen molar-refractivity contribution in [1.29, 1.82) is 0 Å². The quantitative estimate of drug-likeness (QED) is 0.468. The van der Waals surface area contributed by atoms with E-state index in [2.05, 4.69) is 5.32 Å². The van der Waals surface area contributed by atoms with Crippen molar-refractivity contribution in [3.05, 3.63) is 83.8 Å². The minimum Gasteiger partial charge on any atom is -0.459 e. The van der Waals surface area contributed by atoms with Gasteiger partial charge >= 0.3 is 0 Å². The zero-order chi connectivity index (χ0) is 24.0. The Morgan fingerprint density at radius 3 is 2.30 bits per heavy atom. The topological polar surface area (TPSA) is 65.8 Å². The van der Waals surface area contributed by atoms with Crippen molar-refractivity contribution in [3.63, 3.8) is 0 Å². The van der Waals surface area contributed by atoms with Crippen LogP contribution in [0.25, 0.3) is 0 Å². The lowest BCUT2D eigenvalue weighted by Crippen LogP contribution is -2.39. The molecule has 3 aromatic rings. The number of benzene rings is 2. The summed E-state index contributed by atoms with van der Waals surface area (Å²) in [5.74, 6) is -0.150. The molecule has 1 heterocycles. The molecule has 174 valence electrons. The number of furan rings is 1. The Labute approximate surface area is 196 Å². The fourth-order valence-corrected chi connectivity index (χ4v) is 3.96. The van der Waals surface area contributed by atoms with Gasteiger partial charge in [0.25, 0.3) is 5.91 Å². The molecule has 0 fully saturated rings. The van der Waals surface area contributed by atoms with Crippen molar-refractivity contribution in [2.45, 2.75) is 45.7 Å². The lowest BCUT2D eigenvalue weighted by atomic mass is 9.94. The molecule has 0 aliphatic carbocycles. The third-order valence-electron chi connectivity index (χ3n) is 5.72. The van der Waals surface area contributed by atoms with Gasteiger partial charge in [-0.05, 0) is 61.7 Å². The van der Waals surface area contributed by atoms with Crippen LogP contribution in [0.3, 0.4) is 0 Å². The first-order chi connectivity index (χ1) is 15.8. The van der Waals surface area contributed by atoms with Gasteiger partial charge in [0.1, 0.15) is 0 Å². The predicted molar refractivity (Wildman–Crippen MR) is 133 cm³/mol. The zero-order valence-electron chi connectivity index (χ0n) is 20.0. The molecule has 1 aromatic heterocycles. The molecule has 2 amide bonds. The van der Waals surface area contributed by atoms with E-state index in [1.54, 1.807) is 12.1 Å². The number of hydrogen-bond acceptors (Lipinski definition) is 4. The molecule has 0 saturated heterocycles. The molecule has 0 aliphatic rings. The lowest BCUT2D eigenvalue weighted by molar-refractivity contribution is -0.135. The first kappa shape index (κ1) is 24.1. The maximum absolute atomic E-state index is 13.7. The van der Waals surface area contributed by atoms with Gasteiger partial charge in [-0.1, -0.05) is 37.3 Å². The Morgan fingerprint density at radius 1 is 1.00 bits per heavy atom. The number of hydrogen-bond donors (Lipinski definition) is 1. The van der Waals surface area contributed by atoms with Gasteiger partial charge in [0.15, 0.2) is 5.76 Å². The van der Waals surface area contributed by atoms with Gasteiger partial charge in [-0.2, -0.15) is 0 Å². The fraction of sp³-hybridized carbons (Fsp3) is 0.333. The molecule has 6 nitrogen and oxygen atoms in total. The number of rotatable bonds is 9. The van der Waals surface area contributed by atoms with Crippen LogP contribution in [0.4, 0.5) is 11.4 Å². The minimum absolute atomic E-state index is 0.0200. The largest absolute Gasteiger partial charge is 0.459 e. The second-order valence-electron chi connectivity index (χ2n) is 8.60. The van der Waals surface area contributed by atoms with Crippen molar-refractivity contribution in [2.24, 2.45) is 0 Å². The first-order valence-electron chi connectivity index (χ1n) is 11.3. The van der Waals surface area contributed by atoms with Crippen molar-refractivity contribution >= 4 is 23.2 Å². The predicted octanol–water partition coefficient (Wildman–Crippen LogP) is 5.53. The molecular weight excluding hydrogens is 414 g/mol. The van der Waals surface area contributed by atoms with Gasteiger partial charge in [-0.3, -0.25) is 9.59 Å². The van der Waals surface area contributed by atoms with E-state index in [1.165, 1.54) is 6.26 Å². The van der Waals surface area contributed by atoms with Crippen LogP contribution in [0.2, 0.25) is 0 Å². The number of nitrogens with zero attached hydrogens (tertiary/aromatic N) is 2. The molecule has 0 aliphatic heterocycles. The van der Waals surface area contributed by atoms with Gasteiger partial charge < -0.3 is 19.5 Å². The molecular formula is C27H33N3O3. The van der Waals surface area contributed by atoms with Crippen LogP contribution in [-0.2, 0) is 11.3 Å². The van der Waals surface area contributed by atoms with Crippen LogP contribution in [0.5, 0.6) is 0 Å². The summed E-state index contributed by atoms with van der Waals surface area (Å²) in [6.45, 7) is 6.56. The van der Waals surface area contributed by atoms with Gasteiger partial charge in [0.05, 0.1) is 12.2 Å². The molecule has 0 radical (unpaired) electrons. The zero-order valence-corrected chi connectivity index (χ0v) is 20.0. The van der Waals surface area contributed by atoms with E-state index < -0.39 is 0 Å². The summed E-state index contributed by atoms with van der Waals surface area (Å²) in [7, 11) is 3.95. The van der Waals surface area contributed by atoms with E-state index in [-0.39, 0.29) is 29.5 Å². The molecule has 0 saturated carbocycles. The Kier molecular flexibility index (Phi) is 7.93. The normalized spacial score (nSPS) is 11.8. The Hall–Kier alpha value is -3.54. The molecule has 1 atom stereocenters. The van der Waals surface area contributed by atoms with Crippen LogP contribution in [0.1, 0.15) is 54.8 Å². The average molecular weight is 448 g/mol. The first-order valence-corrected chi connectivity index (χ1v) is 11.3. The maximum Gasteiger partial charge on any atom is 0.291 e. The molecule has 33 heavy (non-hydrogen) atoms. The molecule has 0 bridgehead atoms. The number of nitrogens with one attached hydrogen (secondary N) is 1. The van der Waals surface area contributed by atoms with Crippen LogP contribution in [-0.4, -0.2) is 36.9 Å². The van der Waals surface area contributed by atoms with Crippen molar-refractivity contribution < 1.29 is 14.0 Å². The van der Waals surface area contributed by atoms with Gasteiger partial charge in [-0.25, -0.2) is 0 Å². The Bertz CT molecular complexity index is 1060. The second-order valence-corrected chi connectivity index (χ2v) is 8.60. The minimum atomic E-state index is -0.310. The molecule has 3 rings (SSSR count). The number of anilines is 2. The average Bonchev–Trinajstić information content (AvgIpc) is 3.33. The van der Waals surface area contributed by atoms with Crippen molar-refractivity contribution in [2.75, 3.05) is 24.3 Å². The number of carbonyl (C=O) groups is 2. The molecule has 2 aromatic carbocycles. The van der Waals surface area contributed by atoms with Gasteiger partial charge in [0, 0.05) is 38.1 Å². The third kappa shape index (κ3) is 5.83. The summed E-state index contributed by atoms with van der Waals surface area (Å²) in [6.07, 6.45) is 2.20. The van der Waals surface area contributed by atoms with Crippen LogP contribution in [0.15, 0.2) is 71.3 Å². The standard InChI is InChI=1S/C27H33N3O3/c1-6-23(20-11-8-7-9-12-20)27(32)30(19(2)3)18-21-17-22(14-15-24(21)29(4)5)28-26(31)25-13-10-16-33-25/h7-17,19,23H,6,18H2,1-5H3,(H,28,31). The van der Waals surface area contributed by atoms with Crippen molar-refractivity contribution in [3.8, 4) is 0 Å². The van der Waals surface area contributed by atoms with Crippen LogP contribution >= 0.6 is 0 Å². The Morgan fingerprint density at radius 2 is 1.73 bits per heavy atom. The van der Waals surface area contributed by atoms with E-state index >= 15 is 0 Å². The lowest BCUT2D eigenvalue weighted by Gasteiger charge is -2.32. The van der Waals surface area contributed by atoms with E-state index in [0.29, 0.717) is 12.2 Å². The number of carbonyl (C=O) groups excluding carboxylic acids is 2. The summed E-state index contributed by atoms with van der Waals surface area (Å²) in [6, 6.07) is 19.0. The van der Waals surface area contributed by atoms with Gasteiger partial charge in [-0.15, -0.1) is 0 Å². The molecule has 1 N–H and O–H groups in total. The van der Waals surface area contributed by atoms with E-state index in [0.717, 1.165) is 23.2 Å². The van der Waals surface area contributed by atoms with Crippen molar-refractivity contribution in [1.82, 2.24) is 4.90 Å². The number of amides is 2. The highest BCUT2D eigenvalue weighted by Gasteiger charge is 2.27. The van der Waals surface area contributed by atoms with Crippen LogP contribution in [0, 0.1) is 0 Å². The highest BCUT2D eigenvalue weighted by molar-refractivity contribution is 6.02. The summed E-state index contributed by atoms with van der Waals surface area (Å²) in [4.78, 5) is 30.0. The smallest absolute Gasteiger partial charge is 0.291 e. The molecule has 0 spiro atoms. The second kappa shape index (κ2) is 10.9. The van der Waals surface area contributed by atoms with E-state index in [9.17, 15) is 9.59 Å². The summed E-state index contributed by atoms with van der Waals surface area (Å²) >= 11 is 0. The Balaban J connectivity index is 1.90. The summed E-state index contributed by atoms with van der Waals surface area (Å²) in [5.41, 5.74) is 3.64. The fourth-order valence-electron chi connectivity index (χ4n) is 3.96. The van der Waals surface area contributed by atoms with Crippen LogP contribution < -0.4 is 10.2 Å². The maximum atomic E-state index is 13.7. The monoisotopic (exact) mass is 447 g/mol. The SMILES string of the molecule is CCC(C(=O)N(Cc1cc(NC(=O)c2ccco2)ccc1N(C)C)C(C)C)c1ccccc1.